The highest BCUT2D eigenvalue weighted by atomic mass is 32.1. The lowest BCUT2D eigenvalue weighted by molar-refractivity contribution is -0.175. The van der Waals surface area contributed by atoms with Crippen molar-refractivity contribution in [1.82, 2.24) is 14.3 Å². The number of amides is 1. The number of hydrogen-bond acceptors (Lipinski definition) is 8. The Balaban J connectivity index is 1.65. The van der Waals surface area contributed by atoms with E-state index < -0.39 is 36.2 Å². The number of carbonyl (C=O) groups is 3. The summed E-state index contributed by atoms with van der Waals surface area (Å²) in [4.78, 5) is 44.3. The van der Waals surface area contributed by atoms with Crippen LogP contribution in [0.15, 0.2) is 17.4 Å². The van der Waals surface area contributed by atoms with E-state index in [2.05, 4.69) is 4.98 Å². The molecule has 4 heterocycles. The van der Waals surface area contributed by atoms with Crippen molar-refractivity contribution in [3.8, 4) is 0 Å². The minimum Gasteiger partial charge on any atom is -0.427 e. The second-order valence-electron chi connectivity index (χ2n) is 8.93. The maximum absolute atomic E-state index is 13.0. The molecule has 2 aliphatic heterocycles. The lowest BCUT2D eigenvalue weighted by Crippen LogP contribution is -2.61. The first-order valence-corrected chi connectivity index (χ1v) is 10.9. The number of hydrogen-bond donors (Lipinski definition) is 1. The van der Waals surface area contributed by atoms with Gasteiger partial charge in [-0.1, -0.05) is 0 Å². The molecular formula is C21H25N3O6S. The number of aliphatic hydroxyl groups excluding tert-OH is 1. The van der Waals surface area contributed by atoms with Gasteiger partial charge >= 0.3 is 11.9 Å². The average Bonchev–Trinajstić information content (AvgIpc) is 3.33. The Hall–Kier alpha value is -2.72. The first kappa shape index (κ1) is 21.5. The quantitative estimate of drug-likeness (QED) is 0.425. The molecule has 1 fully saturated rings. The monoisotopic (exact) mass is 447 g/mol. The Bertz CT molecular complexity index is 1110. The van der Waals surface area contributed by atoms with Gasteiger partial charge in [0, 0.05) is 11.0 Å². The van der Waals surface area contributed by atoms with Gasteiger partial charge < -0.3 is 19.5 Å². The van der Waals surface area contributed by atoms with E-state index in [4.69, 9.17) is 9.47 Å². The molecule has 0 bridgehead atoms. The third-order valence-electron chi connectivity index (χ3n) is 5.66. The number of β-lactam (4-membered cyclic amide) rings is 1. The fourth-order valence-corrected chi connectivity index (χ4v) is 5.00. The normalized spacial score (nSPS) is 21.9. The third kappa shape index (κ3) is 3.43. The third-order valence-corrected chi connectivity index (χ3v) is 6.72. The zero-order chi connectivity index (χ0) is 22.7. The molecule has 166 valence electrons. The summed E-state index contributed by atoms with van der Waals surface area (Å²) in [5.41, 5.74) is 1.68. The maximum Gasteiger partial charge on any atom is 0.358 e. The van der Waals surface area contributed by atoms with Crippen molar-refractivity contribution < 1.29 is 29.0 Å². The van der Waals surface area contributed by atoms with Crippen molar-refractivity contribution in [3.05, 3.63) is 28.8 Å². The van der Waals surface area contributed by atoms with Crippen LogP contribution in [-0.4, -0.2) is 56.2 Å². The van der Waals surface area contributed by atoms with Crippen LogP contribution in [0.5, 0.6) is 0 Å². The molecule has 4 rings (SSSR count). The van der Waals surface area contributed by atoms with Crippen molar-refractivity contribution in [2.75, 3.05) is 6.79 Å². The Morgan fingerprint density at radius 3 is 2.71 bits per heavy atom. The molecule has 0 unspecified atom stereocenters. The number of esters is 2. The lowest BCUT2D eigenvalue weighted by atomic mass is 9.83. The molecule has 2 aliphatic rings. The number of imidazole rings is 1. The molecule has 0 spiro atoms. The van der Waals surface area contributed by atoms with E-state index in [1.807, 2.05) is 16.7 Å². The molecule has 0 saturated carbocycles. The van der Waals surface area contributed by atoms with E-state index >= 15 is 0 Å². The SMILES string of the molecule is Cc1ncn2c(C3=C(C(=O)OCOC(=O)C(C)(C)C)N4C(=O)[C@H]([C@@H](C)O)[C@H]4C3)csc12. The summed E-state index contributed by atoms with van der Waals surface area (Å²) in [5.74, 6) is -2.13. The Kier molecular flexibility index (Phi) is 5.17. The topological polar surface area (TPSA) is 110 Å². The number of carbonyl (C=O) groups excluding carboxylic acids is 3. The van der Waals surface area contributed by atoms with Gasteiger partial charge in [0.2, 0.25) is 12.7 Å². The zero-order valence-electron chi connectivity index (χ0n) is 18.0. The van der Waals surface area contributed by atoms with Crippen LogP contribution in [0, 0.1) is 18.3 Å². The second-order valence-corrected chi connectivity index (χ2v) is 9.79. The van der Waals surface area contributed by atoms with Gasteiger partial charge in [0.1, 0.15) is 16.9 Å². The predicted molar refractivity (Wildman–Crippen MR) is 112 cm³/mol. The molecule has 1 saturated heterocycles. The largest absolute Gasteiger partial charge is 0.427 e. The number of aliphatic hydroxyl groups is 1. The van der Waals surface area contributed by atoms with Crippen LogP contribution in [0.1, 0.15) is 45.5 Å². The molecule has 2 aromatic rings. The summed E-state index contributed by atoms with van der Waals surface area (Å²) >= 11 is 1.50. The maximum atomic E-state index is 13.0. The van der Waals surface area contributed by atoms with Gasteiger partial charge in [-0.05, 0) is 41.0 Å². The Morgan fingerprint density at radius 1 is 1.35 bits per heavy atom. The fraction of sp³-hybridized carbons (Fsp3) is 0.524. The van der Waals surface area contributed by atoms with Gasteiger partial charge in [0.15, 0.2) is 0 Å². The molecule has 3 atom stereocenters. The van der Waals surface area contributed by atoms with Gasteiger partial charge in [-0.3, -0.25) is 14.0 Å². The Morgan fingerprint density at radius 2 is 2.06 bits per heavy atom. The van der Waals surface area contributed by atoms with Crippen LogP contribution in [0.3, 0.4) is 0 Å². The molecule has 10 heteroatoms. The molecule has 1 N–H and O–H groups in total. The highest BCUT2D eigenvalue weighted by molar-refractivity contribution is 7.15. The van der Waals surface area contributed by atoms with E-state index in [0.717, 1.165) is 16.2 Å². The molecular weight excluding hydrogens is 422 g/mol. The minimum absolute atomic E-state index is 0.129. The number of rotatable bonds is 5. The van der Waals surface area contributed by atoms with E-state index in [0.29, 0.717) is 12.0 Å². The van der Waals surface area contributed by atoms with E-state index in [1.165, 1.54) is 16.2 Å². The van der Waals surface area contributed by atoms with Gasteiger partial charge in [-0.15, -0.1) is 11.3 Å². The smallest absolute Gasteiger partial charge is 0.358 e. The zero-order valence-corrected chi connectivity index (χ0v) is 18.9. The van der Waals surface area contributed by atoms with Crippen molar-refractivity contribution >= 4 is 39.6 Å². The molecule has 9 nitrogen and oxygen atoms in total. The summed E-state index contributed by atoms with van der Waals surface area (Å²) in [6.07, 6.45) is 1.27. The molecule has 2 aromatic heterocycles. The van der Waals surface area contributed by atoms with Crippen LogP contribution in [-0.2, 0) is 23.9 Å². The summed E-state index contributed by atoms with van der Waals surface area (Å²) in [6, 6.07) is -0.318. The van der Waals surface area contributed by atoms with E-state index in [-0.39, 0.29) is 17.6 Å². The first-order valence-electron chi connectivity index (χ1n) is 10.0. The van der Waals surface area contributed by atoms with Crippen molar-refractivity contribution in [2.24, 2.45) is 11.3 Å². The van der Waals surface area contributed by atoms with Crippen LogP contribution in [0.4, 0.5) is 0 Å². The highest BCUT2D eigenvalue weighted by Gasteiger charge is 2.57. The van der Waals surface area contributed by atoms with Crippen molar-refractivity contribution in [1.29, 1.82) is 0 Å². The van der Waals surface area contributed by atoms with Crippen LogP contribution < -0.4 is 0 Å². The fourth-order valence-electron chi connectivity index (χ4n) is 4.03. The molecule has 1 amide bonds. The van der Waals surface area contributed by atoms with Crippen LogP contribution in [0.25, 0.3) is 10.4 Å². The Labute approximate surface area is 183 Å². The summed E-state index contributed by atoms with van der Waals surface area (Å²) < 4.78 is 12.1. The molecule has 0 aliphatic carbocycles. The number of fused-ring (bicyclic) bond motifs is 2. The summed E-state index contributed by atoms with van der Waals surface area (Å²) in [7, 11) is 0. The average molecular weight is 448 g/mol. The number of thiazole rings is 1. The first-order chi connectivity index (χ1) is 14.5. The van der Waals surface area contributed by atoms with Crippen molar-refractivity contribution in [3.63, 3.8) is 0 Å². The minimum atomic E-state index is -0.823. The number of aryl methyl sites for hydroxylation is 1. The standard InChI is InChI=1S/C21H25N3O6S/c1-10-18-23(8-22-10)14(7-31-18)12-6-13-15(11(2)25)17(26)24(13)16(12)19(27)29-9-30-20(28)21(3,4)5/h7-8,11,13,15,25H,6,9H2,1-5H3/t11-,13-,15-/m1/s1. The molecule has 0 radical (unpaired) electrons. The lowest BCUT2D eigenvalue weighted by Gasteiger charge is -2.44. The van der Waals surface area contributed by atoms with Gasteiger partial charge in [0.05, 0.1) is 34.9 Å². The van der Waals surface area contributed by atoms with Crippen LogP contribution >= 0.6 is 11.3 Å². The van der Waals surface area contributed by atoms with E-state index in [9.17, 15) is 19.5 Å². The highest BCUT2D eigenvalue weighted by Crippen LogP contribution is 2.47. The molecule has 0 aromatic carbocycles. The number of ether oxygens (including phenoxy) is 2. The summed E-state index contributed by atoms with van der Waals surface area (Å²) in [5, 5.41) is 11.9. The van der Waals surface area contributed by atoms with Gasteiger partial charge in [-0.2, -0.15) is 0 Å². The number of aromatic nitrogens is 2. The predicted octanol–water partition coefficient (Wildman–Crippen LogP) is 2.12. The molecule has 31 heavy (non-hydrogen) atoms. The van der Waals surface area contributed by atoms with Crippen molar-refractivity contribution in [2.45, 2.75) is 53.2 Å². The number of nitrogens with zero attached hydrogens (tertiary/aromatic N) is 3. The van der Waals surface area contributed by atoms with Crippen LogP contribution in [0.2, 0.25) is 0 Å². The second kappa shape index (κ2) is 7.45. The van der Waals surface area contributed by atoms with Gasteiger partial charge in [0.25, 0.3) is 0 Å². The van der Waals surface area contributed by atoms with Gasteiger partial charge in [-0.25, -0.2) is 9.78 Å². The summed E-state index contributed by atoms with van der Waals surface area (Å²) in [6.45, 7) is 8.03. The van der Waals surface area contributed by atoms with E-state index in [1.54, 1.807) is 34.0 Å².